The van der Waals surface area contributed by atoms with Gasteiger partial charge in [-0.3, -0.25) is 0 Å². The van der Waals surface area contributed by atoms with Gasteiger partial charge in [0.2, 0.25) is 0 Å². The highest BCUT2D eigenvalue weighted by atomic mass is 79.9. The van der Waals surface area contributed by atoms with Crippen molar-refractivity contribution >= 4 is 27.3 Å². The molecule has 0 saturated heterocycles. The largest absolute Gasteiger partial charge is 0.306 e. The van der Waals surface area contributed by atoms with E-state index in [2.05, 4.69) is 61.9 Å². The van der Waals surface area contributed by atoms with Crippen LogP contribution in [0.25, 0.3) is 11.3 Å². The first-order valence-electron chi connectivity index (χ1n) is 6.76. The Morgan fingerprint density at radius 2 is 1.86 bits per heavy atom. The van der Waals surface area contributed by atoms with E-state index < -0.39 is 0 Å². The Labute approximate surface area is 137 Å². The van der Waals surface area contributed by atoms with Crippen LogP contribution in [0, 0.1) is 0 Å². The van der Waals surface area contributed by atoms with Crippen molar-refractivity contribution in [1.82, 2.24) is 10.3 Å². The van der Waals surface area contributed by atoms with Crippen LogP contribution in [0.15, 0.2) is 64.5 Å². The maximum absolute atomic E-state index is 4.68. The lowest BCUT2D eigenvalue weighted by molar-refractivity contribution is 0.690. The van der Waals surface area contributed by atoms with Crippen LogP contribution in [0.5, 0.6) is 0 Å². The van der Waals surface area contributed by atoms with E-state index in [1.807, 2.05) is 24.3 Å². The van der Waals surface area contributed by atoms with Crippen LogP contribution < -0.4 is 5.32 Å². The molecule has 0 saturated carbocycles. The Balaban J connectivity index is 1.58. The van der Waals surface area contributed by atoms with E-state index in [1.54, 1.807) is 11.3 Å². The Bertz CT molecular complexity index is 710. The zero-order chi connectivity index (χ0) is 14.5. The number of rotatable bonds is 5. The Morgan fingerprint density at radius 1 is 1.00 bits per heavy atom. The molecule has 0 aliphatic heterocycles. The van der Waals surface area contributed by atoms with E-state index in [0.29, 0.717) is 0 Å². The van der Waals surface area contributed by atoms with Gasteiger partial charge in [0.1, 0.15) is 5.01 Å². The molecule has 0 bridgehead atoms. The van der Waals surface area contributed by atoms with Crippen LogP contribution in [-0.2, 0) is 13.1 Å². The molecule has 1 aromatic heterocycles. The van der Waals surface area contributed by atoms with Gasteiger partial charge in [0.05, 0.1) is 5.69 Å². The van der Waals surface area contributed by atoms with Gasteiger partial charge in [0.15, 0.2) is 0 Å². The fraction of sp³-hybridized carbons (Fsp3) is 0.118. The van der Waals surface area contributed by atoms with Crippen molar-refractivity contribution in [2.75, 3.05) is 0 Å². The van der Waals surface area contributed by atoms with Crippen LogP contribution in [-0.4, -0.2) is 4.98 Å². The molecule has 0 fully saturated rings. The minimum absolute atomic E-state index is 0.796. The molecular weight excluding hydrogens is 344 g/mol. The number of benzene rings is 2. The third-order valence-corrected chi connectivity index (χ3v) is 4.46. The molecule has 4 heteroatoms. The second kappa shape index (κ2) is 6.98. The van der Waals surface area contributed by atoms with Crippen molar-refractivity contribution < 1.29 is 0 Å². The van der Waals surface area contributed by atoms with Gasteiger partial charge in [-0.2, -0.15) is 0 Å². The smallest absolute Gasteiger partial charge is 0.107 e. The first-order chi connectivity index (χ1) is 10.3. The second-order valence-corrected chi connectivity index (χ2v) is 6.58. The van der Waals surface area contributed by atoms with E-state index in [4.69, 9.17) is 0 Å². The Kier molecular flexibility index (Phi) is 4.80. The molecule has 106 valence electrons. The van der Waals surface area contributed by atoms with Gasteiger partial charge >= 0.3 is 0 Å². The van der Waals surface area contributed by atoms with Crippen molar-refractivity contribution in [3.05, 3.63) is 75.0 Å². The highest BCUT2D eigenvalue weighted by molar-refractivity contribution is 9.10. The first-order valence-corrected chi connectivity index (χ1v) is 8.43. The Morgan fingerprint density at radius 3 is 2.67 bits per heavy atom. The highest BCUT2D eigenvalue weighted by Crippen LogP contribution is 2.21. The number of hydrogen-bond acceptors (Lipinski definition) is 3. The number of nitrogens with one attached hydrogen (secondary N) is 1. The molecule has 0 unspecified atom stereocenters. The lowest BCUT2D eigenvalue weighted by atomic mass is 10.2. The lowest BCUT2D eigenvalue weighted by Gasteiger charge is -2.03. The van der Waals surface area contributed by atoms with Crippen molar-refractivity contribution in [3.8, 4) is 11.3 Å². The summed E-state index contributed by atoms with van der Waals surface area (Å²) in [7, 11) is 0. The molecule has 0 radical (unpaired) electrons. The van der Waals surface area contributed by atoms with E-state index in [-0.39, 0.29) is 0 Å². The average molecular weight is 359 g/mol. The molecule has 1 N–H and O–H groups in total. The zero-order valence-electron chi connectivity index (χ0n) is 11.4. The van der Waals surface area contributed by atoms with E-state index >= 15 is 0 Å². The molecule has 3 rings (SSSR count). The maximum atomic E-state index is 4.68. The van der Waals surface area contributed by atoms with Crippen molar-refractivity contribution in [2.45, 2.75) is 13.1 Å². The normalized spacial score (nSPS) is 10.7. The summed E-state index contributed by atoms with van der Waals surface area (Å²) in [5.74, 6) is 0. The van der Waals surface area contributed by atoms with Gasteiger partial charge in [0.25, 0.3) is 0 Å². The average Bonchev–Trinajstić information content (AvgIpc) is 2.97. The second-order valence-electron chi connectivity index (χ2n) is 4.73. The number of thiazole rings is 1. The fourth-order valence-corrected chi connectivity index (χ4v) is 3.31. The predicted molar refractivity (Wildman–Crippen MR) is 92.2 cm³/mol. The van der Waals surface area contributed by atoms with Gasteiger partial charge in [-0.1, -0.05) is 58.4 Å². The molecule has 1 heterocycles. The minimum Gasteiger partial charge on any atom is -0.306 e. The monoisotopic (exact) mass is 358 g/mol. The van der Waals surface area contributed by atoms with Gasteiger partial charge in [-0.15, -0.1) is 11.3 Å². The topological polar surface area (TPSA) is 24.9 Å². The predicted octanol–water partition coefficient (Wildman–Crippen LogP) is 4.86. The Hall–Kier alpha value is -1.49. The van der Waals surface area contributed by atoms with Gasteiger partial charge < -0.3 is 5.32 Å². The molecular formula is C17H15BrN2S. The summed E-state index contributed by atoms with van der Waals surface area (Å²) in [5, 5.41) is 6.67. The lowest BCUT2D eigenvalue weighted by Crippen LogP contribution is -2.12. The fourth-order valence-electron chi connectivity index (χ4n) is 2.09. The van der Waals surface area contributed by atoms with Gasteiger partial charge in [-0.05, 0) is 17.7 Å². The van der Waals surface area contributed by atoms with Crippen LogP contribution in [0.2, 0.25) is 0 Å². The van der Waals surface area contributed by atoms with Crippen LogP contribution in [0.3, 0.4) is 0 Å². The van der Waals surface area contributed by atoms with Crippen LogP contribution in [0.4, 0.5) is 0 Å². The molecule has 2 nitrogen and oxygen atoms in total. The third kappa shape index (κ3) is 4.00. The summed E-state index contributed by atoms with van der Waals surface area (Å²) >= 11 is 5.19. The summed E-state index contributed by atoms with van der Waals surface area (Å²) < 4.78 is 1.11. The van der Waals surface area contributed by atoms with Crippen molar-refractivity contribution in [1.29, 1.82) is 0 Å². The van der Waals surface area contributed by atoms with Crippen molar-refractivity contribution in [3.63, 3.8) is 0 Å². The summed E-state index contributed by atoms with van der Waals surface area (Å²) in [6.07, 6.45) is 0. The molecule has 0 aliphatic rings. The highest BCUT2D eigenvalue weighted by Gasteiger charge is 2.03. The van der Waals surface area contributed by atoms with Gasteiger partial charge in [-0.25, -0.2) is 4.98 Å². The molecule has 3 aromatic rings. The number of hydrogen-bond donors (Lipinski definition) is 1. The number of aromatic nitrogens is 1. The minimum atomic E-state index is 0.796. The summed E-state index contributed by atoms with van der Waals surface area (Å²) in [6, 6.07) is 18.6. The van der Waals surface area contributed by atoms with Crippen molar-refractivity contribution in [2.24, 2.45) is 0 Å². The first kappa shape index (κ1) is 14.4. The van der Waals surface area contributed by atoms with E-state index in [9.17, 15) is 0 Å². The number of halogens is 1. The van der Waals surface area contributed by atoms with Crippen LogP contribution >= 0.6 is 27.3 Å². The SMILES string of the molecule is Brc1cccc(CNCc2nc(-c3ccccc3)cs2)c1. The molecule has 0 aliphatic carbocycles. The molecule has 2 aromatic carbocycles. The zero-order valence-corrected chi connectivity index (χ0v) is 13.8. The maximum Gasteiger partial charge on any atom is 0.107 e. The standard InChI is InChI=1S/C17H15BrN2S/c18-15-8-4-5-13(9-15)10-19-11-17-20-16(12-21-17)14-6-2-1-3-7-14/h1-9,12,19H,10-11H2. The molecule has 0 spiro atoms. The number of nitrogens with zero attached hydrogens (tertiary/aromatic N) is 1. The summed E-state index contributed by atoms with van der Waals surface area (Å²) in [6.45, 7) is 1.64. The molecule has 0 amide bonds. The van der Waals surface area contributed by atoms with Gasteiger partial charge in [0, 0.05) is 28.5 Å². The molecule has 21 heavy (non-hydrogen) atoms. The van der Waals surface area contributed by atoms with E-state index in [1.165, 1.54) is 11.1 Å². The third-order valence-electron chi connectivity index (χ3n) is 3.12. The summed E-state index contributed by atoms with van der Waals surface area (Å²) in [5.41, 5.74) is 3.50. The quantitative estimate of drug-likeness (QED) is 0.704. The summed E-state index contributed by atoms with van der Waals surface area (Å²) in [4.78, 5) is 4.68. The molecule has 0 atom stereocenters. The van der Waals surface area contributed by atoms with Crippen LogP contribution in [0.1, 0.15) is 10.6 Å². The van der Waals surface area contributed by atoms with E-state index in [0.717, 1.165) is 28.3 Å².